The van der Waals surface area contributed by atoms with E-state index in [1.807, 2.05) is 31.5 Å². The first-order valence-electron chi connectivity index (χ1n) is 13.0. The summed E-state index contributed by atoms with van der Waals surface area (Å²) in [6.07, 6.45) is 5.84. The fourth-order valence-electron chi connectivity index (χ4n) is 5.07. The van der Waals surface area contributed by atoms with Gasteiger partial charge in [0.1, 0.15) is 0 Å². The summed E-state index contributed by atoms with van der Waals surface area (Å²) in [6.45, 7) is 6.66. The van der Waals surface area contributed by atoms with E-state index < -0.39 is 0 Å². The molecule has 5 rings (SSSR count). The van der Waals surface area contributed by atoms with Crippen LogP contribution < -0.4 is 5.32 Å². The lowest BCUT2D eigenvalue weighted by atomic mass is 9.78. The van der Waals surface area contributed by atoms with Crippen LogP contribution in [0.3, 0.4) is 0 Å². The first-order chi connectivity index (χ1) is 17.6. The summed E-state index contributed by atoms with van der Waals surface area (Å²) < 4.78 is 0. The maximum atomic E-state index is 4.97. The molecule has 0 spiro atoms. The number of anilines is 1. The summed E-state index contributed by atoms with van der Waals surface area (Å²) in [5.74, 6) is 1.01. The van der Waals surface area contributed by atoms with Crippen LogP contribution in [0.2, 0.25) is 0 Å². The van der Waals surface area contributed by atoms with E-state index in [2.05, 4.69) is 80.7 Å². The Kier molecular flexibility index (Phi) is 7.58. The average Bonchev–Trinajstić information content (AvgIpc) is 2.91. The topological polar surface area (TPSA) is 59.9 Å². The van der Waals surface area contributed by atoms with Crippen LogP contribution in [0.5, 0.6) is 0 Å². The molecule has 1 saturated heterocycles. The van der Waals surface area contributed by atoms with Crippen molar-refractivity contribution in [2.75, 3.05) is 65.7 Å². The molecule has 188 valence electrons. The molecule has 1 unspecified atom stereocenters. The maximum Gasteiger partial charge on any atom is 0.223 e. The van der Waals surface area contributed by atoms with Crippen LogP contribution in [0.4, 0.5) is 11.6 Å². The minimum Gasteiger partial charge on any atom is -0.369 e. The Hall–Kier alpha value is -3.29. The van der Waals surface area contributed by atoms with Gasteiger partial charge in [-0.05, 0) is 55.3 Å². The van der Waals surface area contributed by atoms with Crippen molar-refractivity contribution in [3.8, 4) is 11.3 Å². The lowest BCUT2D eigenvalue weighted by molar-refractivity contribution is 0.154. The van der Waals surface area contributed by atoms with Crippen molar-refractivity contribution in [1.82, 2.24) is 24.7 Å². The summed E-state index contributed by atoms with van der Waals surface area (Å²) in [6, 6.07) is 17.3. The molecule has 2 aliphatic rings. The fourth-order valence-corrected chi connectivity index (χ4v) is 5.07. The van der Waals surface area contributed by atoms with Crippen molar-refractivity contribution in [2.24, 2.45) is 4.99 Å². The third kappa shape index (κ3) is 5.74. The molecule has 1 aliphatic carbocycles. The van der Waals surface area contributed by atoms with Gasteiger partial charge in [-0.2, -0.15) is 0 Å². The highest BCUT2D eigenvalue weighted by atomic mass is 15.2. The molecule has 0 bridgehead atoms. The number of fused-ring (bicyclic) bond motifs is 3. The van der Waals surface area contributed by atoms with Gasteiger partial charge in [0.15, 0.2) is 0 Å². The summed E-state index contributed by atoms with van der Waals surface area (Å²) in [7, 11) is 6.16. The van der Waals surface area contributed by atoms with Crippen LogP contribution in [0.25, 0.3) is 11.3 Å². The minimum atomic E-state index is 0.284. The second kappa shape index (κ2) is 11.2. The summed E-state index contributed by atoms with van der Waals surface area (Å²) in [4.78, 5) is 21.0. The monoisotopic (exact) mass is 483 g/mol. The van der Waals surface area contributed by atoms with E-state index in [9.17, 15) is 0 Å². The van der Waals surface area contributed by atoms with Gasteiger partial charge in [-0.3, -0.25) is 0 Å². The Bertz CT molecular complexity index is 1180. The van der Waals surface area contributed by atoms with Gasteiger partial charge < -0.3 is 20.0 Å². The van der Waals surface area contributed by atoms with Crippen LogP contribution in [-0.4, -0.2) is 91.4 Å². The number of likely N-dealkylation sites (N-methyl/N-ethyl adjacent to an activating group) is 1. The first kappa shape index (κ1) is 24.4. The zero-order chi connectivity index (χ0) is 24.9. The number of aromatic nitrogens is 2. The molecule has 1 N–H and O–H groups in total. The molecule has 36 heavy (non-hydrogen) atoms. The highest BCUT2D eigenvalue weighted by molar-refractivity contribution is 5.72. The van der Waals surface area contributed by atoms with Gasteiger partial charge in [0.05, 0.1) is 17.7 Å². The Morgan fingerprint density at radius 2 is 1.83 bits per heavy atom. The molecule has 0 saturated carbocycles. The molecule has 2 aromatic carbocycles. The molecule has 0 amide bonds. The highest BCUT2D eigenvalue weighted by Crippen LogP contribution is 2.42. The number of hydrogen-bond acceptors (Lipinski definition) is 6. The second-order valence-corrected chi connectivity index (χ2v) is 10.1. The standard InChI is InChI=1S/C29H37N7/c1-34(2)21-32-24-11-9-22(10-12-24)27-19-23-20-31-29(33-28(23)26-8-5-4-7-25(26)27)30-13-6-14-36-17-15-35(3)16-18-36/h4-5,7-12,20-21,27H,6,13-19H2,1-3H3,(H,30,31,33)/b32-21+. The Balaban J connectivity index is 1.27. The van der Waals surface area contributed by atoms with Gasteiger partial charge in [0.2, 0.25) is 5.95 Å². The van der Waals surface area contributed by atoms with E-state index in [0.717, 1.165) is 69.4 Å². The number of hydrogen-bond donors (Lipinski definition) is 1. The Morgan fingerprint density at radius 3 is 2.61 bits per heavy atom. The number of nitrogens with one attached hydrogen (secondary N) is 1. The third-order valence-corrected chi connectivity index (χ3v) is 7.14. The molecule has 3 aromatic rings. The molecule has 1 atom stereocenters. The number of benzene rings is 2. The summed E-state index contributed by atoms with van der Waals surface area (Å²) >= 11 is 0. The zero-order valence-electron chi connectivity index (χ0n) is 21.7. The fraction of sp³-hybridized carbons (Fsp3) is 0.414. The van der Waals surface area contributed by atoms with Crippen molar-refractivity contribution in [3.05, 3.63) is 71.4 Å². The first-order valence-corrected chi connectivity index (χ1v) is 13.0. The van der Waals surface area contributed by atoms with Gasteiger partial charge in [-0.1, -0.05) is 36.4 Å². The number of rotatable bonds is 8. The molecule has 0 radical (unpaired) electrons. The lowest BCUT2D eigenvalue weighted by Gasteiger charge is -2.32. The molecule has 7 heteroatoms. The van der Waals surface area contributed by atoms with Crippen molar-refractivity contribution in [2.45, 2.75) is 18.8 Å². The largest absolute Gasteiger partial charge is 0.369 e. The van der Waals surface area contributed by atoms with Gasteiger partial charge in [-0.15, -0.1) is 0 Å². The van der Waals surface area contributed by atoms with Crippen LogP contribution in [-0.2, 0) is 6.42 Å². The van der Waals surface area contributed by atoms with E-state index in [0.29, 0.717) is 0 Å². The summed E-state index contributed by atoms with van der Waals surface area (Å²) in [5.41, 5.74) is 7.06. The van der Waals surface area contributed by atoms with E-state index >= 15 is 0 Å². The quantitative estimate of drug-likeness (QED) is 0.296. The van der Waals surface area contributed by atoms with Crippen molar-refractivity contribution in [3.63, 3.8) is 0 Å². The normalized spacial score (nSPS) is 18.1. The average molecular weight is 484 g/mol. The third-order valence-electron chi connectivity index (χ3n) is 7.14. The smallest absolute Gasteiger partial charge is 0.223 e. The van der Waals surface area contributed by atoms with Crippen LogP contribution in [0.1, 0.15) is 29.0 Å². The Labute approximate surface area is 214 Å². The predicted octanol–water partition coefficient (Wildman–Crippen LogP) is 4.10. The van der Waals surface area contributed by atoms with E-state index in [1.165, 1.54) is 22.3 Å². The number of nitrogens with zero attached hydrogens (tertiary/aromatic N) is 6. The Morgan fingerprint density at radius 1 is 1.06 bits per heavy atom. The van der Waals surface area contributed by atoms with Gasteiger partial charge in [-0.25, -0.2) is 15.0 Å². The highest BCUT2D eigenvalue weighted by Gasteiger charge is 2.27. The lowest BCUT2D eigenvalue weighted by Crippen LogP contribution is -2.44. The van der Waals surface area contributed by atoms with Crippen LogP contribution >= 0.6 is 0 Å². The molecule has 7 nitrogen and oxygen atoms in total. The van der Waals surface area contributed by atoms with E-state index in [-0.39, 0.29) is 5.92 Å². The minimum absolute atomic E-state index is 0.284. The molecule has 2 heterocycles. The molecule has 1 fully saturated rings. The molecule has 1 aromatic heterocycles. The predicted molar refractivity (Wildman–Crippen MR) is 148 cm³/mol. The molecular formula is C29H37N7. The van der Waals surface area contributed by atoms with Crippen LogP contribution in [0.15, 0.2) is 59.7 Å². The van der Waals surface area contributed by atoms with Crippen molar-refractivity contribution >= 4 is 18.0 Å². The second-order valence-electron chi connectivity index (χ2n) is 10.1. The molecular weight excluding hydrogens is 446 g/mol. The van der Waals surface area contributed by atoms with E-state index in [4.69, 9.17) is 4.98 Å². The van der Waals surface area contributed by atoms with E-state index in [1.54, 1.807) is 0 Å². The molecule has 1 aliphatic heterocycles. The van der Waals surface area contributed by atoms with Gasteiger partial charge in [0.25, 0.3) is 0 Å². The van der Waals surface area contributed by atoms with Crippen molar-refractivity contribution < 1.29 is 0 Å². The van der Waals surface area contributed by atoms with Crippen LogP contribution in [0, 0.1) is 0 Å². The van der Waals surface area contributed by atoms with Gasteiger partial charge >= 0.3 is 0 Å². The SMILES string of the molecule is CN(C)/C=N/c1ccc(C2Cc3cnc(NCCCN4CCN(C)CC4)nc3-c3ccccc32)cc1. The zero-order valence-corrected chi connectivity index (χ0v) is 21.7. The number of aliphatic imine (C=N–C) groups is 1. The maximum absolute atomic E-state index is 4.97. The van der Waals surface area contributed by atoms with Gasteiger partial charge in [0, 0.05) is 64.5 Å². The van der Waals surface area contributed by atoms with Crippen molar-refractivity contribution in [1.29, 1.82) is 0 Å². The summed E-state index contributed by atoms with van der Waals surface area (Å²) in [5, 5.41) is 3.47. The number of piperazine rings is 1.